The Kier molecular flexibility index (Phi) is 4.71. The number of ether oxygens (including phenoxy) is 1. The molecule has 0 radical (unpaired) electrons. The summed E-state index contributed by atoms with van der Waals surface area (Å²) in [6.07, 6.45) is -1.12. The summed E-state index contributed by atoms with van der Waals surface area (Å²) < 4.78 is 27.4. The minimum atomic E-state index is -1.73. The van der Waals surface area contributed by atoms with Gasteiger partial charge in [0.1, 0.15) is 0 Å². The molecule has 3 saturated heterocycles. The van der Waals surface area contributed by atoms with Gasteiger partial charge in [-0.1, -0.05) is 16.9 Å². The number of benzene rings is 1. The molecule has 11 nitrogen and oxygen atoms in total. The van der Waals surface area contributed by atoms with Crippen LogP contribution in [0.2, 0.25) is 0 Å². The van der Waals surface area contributed by atoms with Gasteiger partial charge in [-0.3, -0.25) is 29.9 Å². The fourth-order valence-corrected chi connectivity index (χ4v) is 6.86. The van der Waals surface area contributed by atoms with Gasteiger partial charge in [0.05, 0.1) is 29.3 Å². The molecule has 5 heterocycles. The molecule has 4 atom stereocenters. The van der Waals surface area contributed by atoms with Crippen molar-refractivity contribution in [3.8, 4) is 0 Å². The first kappa shape index (κ1) is 22.3. The molecule has 13 heteroatoms. The highest BCUT2D eigenvalue weighted by atomic mass is 32.2. The van der Waals surface area contributed by atoms with Crippen molar-refractivity contribution in [1.29, 1.82) is 0 Å². The SMILES string of the molecule is C[C@@H]1CN2c3c(cc4c(N5C(=O)SC[C@H]5C)noc4c3F)CC3(C(=O)NC(=O)NC3=O)[C@H]2[C@H](C)O1. The number of halogens is 1. The van der Waals surface area contributed by atoms with Crippen molar-refractivity contribution in [3.63, 3.8) is 0 Å². The normalized spacial score (nSPS) is 29.9. The van der Waals surface area contributed by atoms with Crippen molar-refractivity contribution in [2.75, 3.05) is 22.1 Å². The fourth-order valence-electron chi connectivity index (χ4n) is 5.92. The van der Waals surface area contributed by atoms with Crippen LogP contribution in [-0.4, -0.2) is 64.8 Å². The highest BCUT2D eigenvalue weighted by Crippen LogP contribution is 2.50. The quantitative estimate of drug-likeness (QED) is 0.560. The van der Waals surface area contributed by atoms with Gasteiger partial charge in [0.2, 0.25) is 17.4 Å². The predicted octanol–water partition coefficient (Wildman–Crippen LogP) is 1.92. The number of amides is 5. The summed E-state index contributed by atoms with van der Waals surface area (Å²) >= 11 is 1.14. The van der Waals surface area contributed by atoms with Crippen LogP contribution in [0.1, 0.15) is 26.3 Å². The lowest BCUT2D eigenvalue weighted by molar-refractivity contribution is -0.153. The third-order valence-corrected chi connectivity index (χ3v) is 8.35. The van der Waals surface area contributed by atoms with E-state index in [0.29, 0.717) is 11.3 Å². The molecule has 184 valence electrons. The molecule has 0 aliphatic carbocycles. The largest absolute Gasteiger partial charge is 0.372 e. The van der Waals surface area contributed by atoms with E-state index < -0.39 is 41.2 Å². The van der Waals surface area contributed by atoms with Crippen LogP contribution in [0.15, 0.2) is 10.6 Å². The van der Waals surface area contributed by atoms with E-state index in [1.165, 1.54) is 4.90 Å². The van der Waals surface area contributed by atoms with Gasteiger partial charge in [-0.2, -0.15) is 0 Å². The lowest BCUT2D eigenvalue weighted by atomic mass is 9.66. The van der Waals surface area contributed by atoms with E-state index in [1.54, 1.807) is 17.9 Å². The molecule has 3 fully saturated rings. The van der Waals surface area contributed by atoms with Crippen molar-refractivity contribution in [2.45, 2.75) is 51.5 Å². The second kappa shape index (κ2) is 7.40. The number of thioether (sulfide) groups is 1. The smallest absolute Gasteiger partial charge is 0.328 e. The fraction of sp³-hybridized carbons (Fsp3) is 0.500. The molecule has 2 aromatic rings. The number of imide groups is 2. The van der Waals surface area contributed by atoms with E-state index in [2.05, 4.69) is 15.8 Å². The predicted molar refractivity (Wildman–Crippen MR) is 123 cm³/mol. The topological polar surface area (TPSA) is 134 Å². The molecular formula is C22H22FN5O6S. The van der Waals surface area contributed by atoms with Crippen LogP contribution < -0.4 is 20.4 Å². The molecule has 35 heavy (non-hydrogen) atoms. The third kappa shape index (κ3) is 2.91. The summed E-state index contributed by atoms with van der Waals surface area (Å²) in [6.45, 7) is 5.61. The second-order valence-corrected chi connectivity index (χ2v) is 10.5. The zero-order valence-corrected chi connectivity index (χ0v) is 19.9. The van der Waals surface area contributed by atoms with Gasteiger partial charge >= 0.3 is 6.03 Å². The number of anilines is 2. The van der Waals surface area contributed by atoms with Gasteiger partial charge in [-0.25, -0.2) is 9.18 Å². The summed E-state index contributed by atoms with van der Waals surface area (Å²) in [5.41, 5.74) is -1.26. The van der Waals surface area contributed by atoms with Crippen molar-refractivity contribution in [1.82, 2.24) is 15.8 Å². The number of urea groups is 1. The van der Waals surface area contributed by atoms with Gasteiger partial charge in [0.25, 0.3) is 5.24 Å². The second-order valence-electron chi connectivity index (χ2n) is 9.51. The summed E-state index contributed by atoms with van der Waals surface area (Å²) in [7, 11) is 0. The number of barbiturate groups is 1. The number of rotatable bonds is 1. The Balaban J connectivity index is 1.58. The summed E-state index contributed by atoms with van der Waals surface area (Å²) in [5.74, 6) is -1.46. The monoisotopic (exact) mass is 503 g/mol. The first-order valence-electron chi connectivity index (χ1n) is 11.3. The minimum absolute atomic E-state index is 0.107. The van der Waals surface area contributed by atoms with Crippen LogP contribution in [0.25, 0.3) is 11.0 Å². The molecule has 5 amide bonds. The van der Waals surface area contributed by atoms with Crippen LogP contribution in [-0.2, 0) is 20.7 Å². The maximum Gasteiger partial charge on any atom is 0.328 e. The lowest BCUT2D eigenvalue weighted by Crippen LogP contribution is -2.75. The zero-order chi connectivity index (χ0) is 24.8. The Morgan fingerprint density at radius 2 is 1.89 bits per heavy atom. The summed E-state index contributed by atoms with van der Waals surface area (Å²) in [4.78, 5) is 54.0. The molecule has 1 spiro atoms. The highest BCUT2D eigenvalue weighted by molar-refractivity contribution is 8.14. The summed E-state index contributed by atoms with van der Waals surface area (Å²) in [6, 6.07) is -0.312. The van der Waals surface area contributed by atoms with Gasteiger partial charge in [0.15, 0.2) is 17.1 Å². The molecule has 0 bridgehead atoms. The van der Waals surface area contributed by atoms with E-state index in [0.717, 1.165) is 11.8 Å². The number of fused-ring (bicyclic) bond motifs is 5. The number of aromatic nitrogens is 1. The average molecular weight is 504 g/mol. The first-order chi connectivity index (χ1) is 16.6. The van der Waals surface area contributed by atoms with Gasteiger partial charge < -0.3 is 14.2 Å². The molecule has 0 saturated carbocycles. The molecule has 1 aromatic carbocycles. The van der Waals surface area contributed by atoms with Crippen LogP contribution in [0, 0.1) is 11.2 Å². The average Bonchev–Trinajstić information content (AvgIpc) is 3.33. The maximum absolute atomic E-state index is 16.1. The number of carbonyl (C=O) groups is 4. The van der Waals surface area contributed by atoms with Crippen LogP contribution in [0.3, 0.4) is 0 Å². The molecule has 2 N–H and O–H groups in total. The Labute approximate surface area is 202 Å². The number of nitrogens with one attached hydrogen (secondary N) is 2. The van der Waals surface area contributed by atoms with Gasteiger partial charge in [-0.05, 0) is 32.4 Å². The highest BCUT2D eigenvalue weighted by Gasteiger charge is 2.63. The Morgan fingerprint density at radius 3 is 2.54 bits per heavy atom. The van der Waals surface area contributed by atoms with Crippen LogP contribution in [0.4, 0.5) is 25.5 Å². The molecular weight excluding hydrogens is 481 g/mol. The molecule has 0 unspecified atom stereocenters. The van der Waals surface area contributed by atoms with Crippen molar-refractivity contribution < 1.29 is 32.8 Å². The minimum Gasteiger partial charge on any atom is -0.372 e. The zero-order valence-electron chi connectivity index (χ0n) is 19.1. The van der Waals surface area contributed by atoms with Crippen molar-refractivity contribution in [2.24, 2.45) is 5.41 Å². The van der Waals surface area contributed by atoms with E-state index in [9.17, 15) is 19.2 Å². The Hall–Kier alpha value is -3.19. The number of hydrogen-bond acceptors (Lipinski definition) is 9. The number of morpholine rings is 1. The van der Waals surface area contributed by atoms with Gasteiger partial charge in [-0.15, -0.1) is 0 Å². The molecule has 1 aromatic heterocycles. The van der Waals surface area contributed by atoms with E-state index in [1.807, 2.05) is 13.8 Å². The Bertz CT molecular complexity index is 1310. The molecule has 6 rings (SSSR count). The summed E-state index contributed by atoms with van der Waals surface area (Å²) in [5, 5.41) is 8.49. The standard InChI is InChI=1S/C22H22FN5O6S/c1-8-7-35-21(32)28(8)17-12-4-11-5-22(18(29)24-20(31)25-19(22)30)16-10(3)33-9(2)6-27(16)14(11)13(23)15(12)34-26-17/h4,8-10,16H,5-7H2,1-3H3,(H2,24,25,29,30,31)/t8-,9-,10+,16-/m1/s1. The molecule has 4 aliphatic rings. The van der Waals surface area contributed by atoms with E-state index in [4.69, 9.17) is 9.26 Å². The number of nitrogens with zero attached hydrogens (tertiary/aromatic N) is 3. The van der Waals surface area contributed by atoms with E-state index in [-0.39, 0.29) is 52.8 Å². The third-order valence-electron chi connectivity index (χ3n) is 7.26. The van der Waals surface area contributed by atoms with Crippen LogP contribution in [0.5, 0.6) is 0 Å². The number of carbonyl (C=O) groups excluding carboxylic acids is 4. The van der Waals surface area contributed by atoms with Crippen LogP contribution >= 0.6 is 11.8 Å². The number of hydrogen-bond donors (Lipinski definition) is 2. The lowest BCUT2D eigenvalue weighted by Gasteiger charge is -2.55. The van der Waals surface area contributed by atoms with Crippen molar-refractivity contribution in [3.05, 3.63) is 17.4 Å². The van der Waals surface area contributed by atoms with Gasteiger partial charge in [0, 0.05) is 24.8 Å². The molecule has 4 aliphatic heterocycles. The van der Waals surface area contributed by atoms with E-state index >= 15 is 4.39 Å². The van der Waals surface area contributed by atoms with Crippen molar-refractivity contribution >= 4 is 57.3 Å². The maximum atomic E-state index is 16.1. The Morgan fingerprint density at radius 1 is 1.17 bits per heavy atom. The first-order valence-corrected chi connectivity index (χ1v) is 12.3.